The van der Waals surface area contributed by atoms with Crippen LogP contribution in [-0.4, -0.2) is 29.1 Å². The van der Waals surface area contributed by atoms with E-state index in [9.17, 15) is 4.79 Å². The largest absolute Gasteiger partial charge is 0.323 e. The number of amides is 1. The Morgan fingerprint density at radius 2 is 1.84 bits per heavy atom. The number of carbonyl (C=O) groups is 1. The van der Waals surface area contributed by atoms with Gasteiger partial charge in [0.1, 0.15) is 0 Å². The quantitative estimate of drug-likeness (QED) is 0.848. The number of carbonyl (C=O) groups excluding carboxylic acids is 1. The fourth-order valence-electron chi connectivity index (χ4n) is 3.79. The minimum atomic E-state index is 0.0241. The minimum Gasteiger partial charge on any atom is -0.323 e. The van der Waals surface area contributed by atoms with Crippen LogP contribution in [0.15, 0.2) is 0 Å². The number of nitrogens with one attached hydrogen (secondary N) is 1. The molecule has 2 rings (SSSR count). The summed E-state index contributed by atoms with van der Waals surface area (Å²) in [7, 11) is 0. The van der Waals surface area contributed by atoms with Gasteiger partial charge in [0.2, 0.25) is 5.91 Å². The Morgan fingerprint density at radius 3 is 2.37 bits per heavy atom. The van der Waals surface area contributed by atoms with Gasteiger partial charge < -0.3 is 4.90 Å². The van der Waals surface area contributed by atoms with Crippen molar-refractivity contribution in [1.29, 1.82) is 0 Å². The molecule has 0 bridgehead atoms. The first-order valence-corrected chi connectivity index (χ1v) is 8.14. The molecule has 0 spiro atoms. The highest BCUT2D eigenvalue weighted by Crippen LogP contribution is 2.32. The van der Waals surface area contributed by atoms with Gasteiger partial charge in [-0.25, -0.2) is 0 Å². The van der Waals surface area contributed by atoms with Gasteiger partial charge in [0, 0.05) is 6.04 Å². The van der Waals surface area contributed by atoms with Crippen molar-refractivity contribution in [3.05, 3.63) is 0 Å². The fourth-order valence-corrected chi connectivity index (χ4v) is 3.79. The Kier molecular flexibility index (Phi) is 4.88. The van der Waals surface area contributed by atoms with Crippen LogP contribution in [0.3, 0.4) is 0 Å². The summed E-state index contributed by atoms with van der Waals surface area (Å²) < 4.78 is 0. The molecule has 0 aromatic carbocycles. The molecule has 3 heteroatoms. The molecule has 0 radical (unpaired) electrons. The first-order valence-electron chi connectivity index (χ1n) is 8.14. The highest BCUT2D eigenvalue weighted by atomic mass is 16.2. The normalized spacial score (nSPS) is 31.2. The lowest BCUT2D eigenvalue weighted by Crippen LogP contribution is -2.46. The minimum absolute atomic E-state index is 0.0241. The topological polar surface area (TPSA) is 32.3 Å². The molecular weight excluding hydrogens is 236 g/mol. The van der Waals surface area contributed by atoms with Crippen molar-refractivity contribution in [2.75, 3.05) is 0 Å². The lowest BCUT2D eigenvalue weighted by atomic mass is 9.83. The van der Waals surface area contributed by atoms with Gasteiger partial charge >= 0.3 is 0 Å². The Morgan fingerprint density at radius 1 is 1.21 bits per heavy atom. The third-order valence-corrected chi connectivity index (χ3v) is 5.05. The summed E-state index contributed by atoms with van der Waals surface area (Å²) in [6.07, 6.45) is 7.91. The van der Waals surface area contributed by atoms with E-state index in [4.69, 9.17) is 0 Å². The van der Waals surface area contributed by atoms with E-state index in [1.807, 2.05) is 0 Å². The SMILES string of the molecule is CCC1NC(C(C)C)C(=O)N1C(C)C1CCCCC1. The zero-order valence-corrected chi connectivity index (χ0v) is 13.0. The molecule has 0 aromatic rings. The van der Waals surface area contributed by atoms with Crippen LogP contribution in [0.1, 0.15) is 66.2 Å². The Hall–Kier alpha value is -0.570. The number of nitrogens with zero attached hydrogens (tertiary/aromatic N) is 1. The second-order valence-electron chi connectivity index (χ2n) is 6.70. The zero-order chi connectivity index (χ0) is 14.0. The maximum absolute atomic E-state index is 12.7. The van der Waals surface area contributed by atoms with Gasteiger partial charge in [-0.1, -0.05) is 40.0 Å². The van der Waals surface area contributed by atoms with E-state index in [2.05, 4.69) is 37.9 Å². The number of hydrogen-bond donors (Lipinski definition) is 1. The third kappa shape index (κ3) is 2.96. The van der Waals surface area contributed by atoms with Crippen molar-refractivity contribution < 1.29 is 4.79 Å². The summed E-state index contributed by atoms with van der Waals surface area (Å²) >= 11 is 0. The molecule has 3 unspecified atom stereocenters. The van der Waals surface area contributed by atoms with Gasteiger partial charge in [-0.2, -0.15) is 0 Å². The predicted octanol–water partition coefficient (Wildman–Crippen LogP) is 3.15. The van der Waals surface area contributed by atoms with Gasteiger partial charge in [-0.3, -0.25) is 10.1 Å². The van der Waals surface area contributed by atoms with E-state index >= 15 is 0 Å². The van der Waals surface area contributed by atoms with E-state index in [0.717, 1.165) is 6.42 Å². The van der Waals surface area contributed by atoms with E-state index in [1.54, 1.807) is 0 Å². The molecule has 0 aromatic heterocycles. The summed E-state index contributed by atoms with van der Waals surface area (Å²) in [6, 6.07) is 0.421. The van der Waals surface area contributed by atoms with Crippen molar-refractivity contribution in [1.82, 2.24) is 10.2 Å². The van der Waals surface area contributed by atoms with Gasteiger partial charge in [-0.15, -0.1) is 0 Å². The second kappa shape index (κ2) is 6.25. The molecular formula is C16H30N2O. The molecule has 1 saturated carbocycles. The molecule has 1 amide bonds. The molecule has 110 valence electrons. The monoisotopic (exact) mass is 266 g/mol. The van der Waals surface area contributed by atoms with Gasteiger partial charge in [0.25, 0.3) is 0 Å². The van der Waals surface area contributed by atoms with Crippen molar-refractivity contribution in [2.24, 2.45) is 11.8 Å². The van der Waals surface area contributed by atoms with Crippen LogP contribution in [0.25, 0.3) is 0 Å². The molecule has 2 aliphatic rings. The van der Waals surface area contributed by atoms with Crippen LogP contribution in [0.4, 0.5) is 0 Å². The predicted molar refractivity (Wildman–Crippen MR) is 78.7 cm³/mol. The van der Waals surface area contributed by atoms with Crippen LogP contribution in [0.5, 0.6) is 0 Å². The lowest BCUT2D eigenvalue weighted by molar-refractivity contribution is -0.134. The average Bonchev–Trinajstić information content (AvgIpc) is 2.76. The average molecular weight is 266 g/mol. The summed E-state index contributed by atoms with van der Waals surface area (Å²) in [6.45, 7) is 8.71. The highest BCUT2D eigenvalue weighted by molar-refractivity contribution is 5.84. The smallest absolute Gasteiger partial charge is 0.241 e. The van der Waals surface area contributed by atoms with E-state index in [0.29, 0.717) is 23.8 Å². The Balaban J connectivity index is 2.09. The van der Waals surface area contributed by atoms with Crippen LogP contribution in [0, 0.1) is 11.8 Å². The van der Waals surface area contributed by atoms with Crippen molar-refractivity contribution in [2.45, 2.75) is 84.5 Å². The first kappa shape index (κ1) is 14.8. The molecule has 1 N–H and O–H groups in total. The molecule has 1 aliphatic heterocycles. The maximum Gasteiger partial charge on any atom is 0.241 e. The van der Waals surface area contributed by atoms with E-state index in [-0.39, 0.29) is 12.2 Å². The molecule has 2 fully saturated rings. The van der Waals surface area contributed by atoms with E-state index in [1.165, 1.54) is 32.1 Å². The maximum atomic E-state index is 12.7. The Labute approximate surface area is 118 Å². The summed E-state index contributed by atoms with van der Waals surface area (Å²) in [4.78, 5) is 14.8. The first-order chi connectivity index (χ1) is 9.06. The van der Waals surface area contributed by atoms with E-state index < -0.39 is 0 Å². The third-order valence-electron chi connectivity index (χ3n) is 5.05. The molecule has 19 heavy (non-hydrogen) atoms. The lowest BCUT2D eigenvalue weighted by Gasteiger charge is -2.37. The molecule has 3 atom stereocenters. The van der Waals surface area contributed by atoms with Gasteiger partial charge in [0.15, 0.2) is 0 Å². The molecule has 1 aliphatic carbocycles. The van der Waals surface area contributed by atoms with Crippen LogP contribution in [-0.2, 0) is 4.79 Å². The Bertz CT molecular complexity index is 310. The number of rotatable bonds is 4. The summed E-state index contributed by atoms with van der Waals surface area (Å²) in [5.74, 6) is 1.42. The van der Waals surface area contributed by atoms with Crippen molar-refractivity contribution in [3.8, 4) is 0 Å². The van der Waals surface area contributed by atoms with Gasteiger partial charge in [-0.05, 0) is 38.0 Å². The van der Waals surface area contributed by atoms with Gasteiger partial charge in [0.05, 0.1) is 12.2 Å². The summed E-state index contributed by atoms with van der Waals surface area (Å²) in [5, 5.41) is 3.54. The summed E-state index contributed by atoms with van der Waals surface area (Å²) in [5.41, 5.74) is 0. The van der Waals surface area contributed by atoms with Crippen LogP contribution < -0.4 is 5.32 Å². The van der Waals surface area contributed by atoms with Crippen molar-refractivity contribution in [3.63, 3.8) is 0 Å². The van der Waals surface area contributed by atoms with Crippen LogP contribution in [0.2, 0.25) is 0 Å². The standard InChI is InChI=1S/C16H30N2O/c1-5-14-17-15(11(2)3)16(19)18(14)12(4)13-9-7-6-8-10-13/h11-15,17H,5-10H2,1-4H3. The molecule has 1 saturated heterocycles. The fraction of sp³-hybridized carbons (Fsp3) is 0.938. The number of hydrogen-bond acceptors (Lipinski definition) is 2. The highest BCUT2D eigenvalue weighted by Gasteiger charge is 2.43. The second-order valence-corrected chi connectivity index (χ2v) is 6.70. The molecule has 1 heterocycles. The van der Waals surface area contributed by atoms with Crippen LogP contribution >= 0.6 is 0 Å². The molecule has 3 nitrogen and oxygen atoms in total. The van der Waals surface area contributed by atoms with Crippen molar-refractivity contribution >= 4 is 5.91 Å². The zero-order valence-electron chi connectivity index (χ0n) is 13.0.